The lowest BCUT2D eigenvalue weighted by molar-refractivity contribution is 0.0942. The van der Waals surface area contributed by atoms with E-state index in [-0.39, 0.29) is 5.91 Å². The molecule has 126 valence electrons. The summed E-state index contributed by atoms with van der Waals surface area (Å²) in [4.78, 5) is 17.0. The van der Waals surface area contributed by atoms with E-state index in [0.717, 1.165) is 5.56 Å². The lowest BCUT2D eigenvalue weighted by Crippen LogP contribution is -2.29. The van der Waals surface area contributed by atoms with Gasteiger partial charge in [-0.25, -0.2) is 0 Å². The molecule has 3 nitrogen and oxygen atoms in total. The van der Waals surface area contributed by atoms with E-state index in [1.165, 1.54) is 6.07 Å². The Balaban J connectivity index is 1.93. The SMILES string of the molecule is O=C(NC(c1ccccc1)c1ccc(Cl)cn1)c1ccc(Cl)c(Cl)c1. The molecule has 0 spiro atoms. The van der Waals surface area contributed by atoms with Crippen molar-refractivity contribution in [1.82, 2.24) is 10.3 Å². The van der Waals surface area contributed by atoms with Crippen molar-refractivity contribution >= 4 is 40.7 Å². The summed E-state index contributed by atoms with van der Waals surface area (Å²) in [7, 11) is 0. The minimum atomic E-state index is -0.416. The van der Waals surface area contributed by atoms with Crippen LogP contribution in [0.2, 0.25) is 15.1 Å². The summed E-state index contributed by atoms with van der Waals surface area (Å²) in [6.45, 7) is 0. The second-order valence-corrected chi connectivity index (χ2v) is 6.60. The standard InChI is InChI=1S/C19H13Cl3N2O/c20-14-7-9-17(23-11-14)18(12-4-2-1-3-5-12)24-19(25)13-6-8-15(21)16(22)10-13/h1-11,18H,(H,24,25). The Morgan fingerprint density at radius 2 is 1.68 bits per heavy atom. The molecule has 0 bridgehead atoms. The van der Waals surface area contributed by atoms with Crippen LogP contribution in [-0.4, -0.2) is 10.9 Å². The molecule has 6 heteroatoms. The van der Waals surface area contributed by atoms with E-state index in [0.29, 0.717) is 26.3 Å². The largest absolute Gasteiger partial charge is 0.340 e. The van der Waals surface area contributed by atoms with Gasteiger partial charge in [0, 0.05) is 11.8 Å². The van der Waals surface area contributed by atoms with Gasteiger partial charge in [-0.1, -0.05) is 65.1 Å². The molecule has 1 aromatic heterocycles. The molecule has 3 aromatic rings. The topological polar surface area (TPSA) is 42.0 Å². The first kappa shape index (κ1) is 17.7. The van der Waals surface area contributed by atoms with Gasteiger partial charge >= 0.3 is 0 Å². The number of aromatic nitrogens is 1. The minimum Gasteiger partial charge on any atom is -0.340 e. The third-order valence-corrected chi connectivity index (χ3v) is 4.60. The number of hydrogen-bond donors (Lipinski definition) is 1. The molecule has 0 aliphatic carbocycles. The Labute approximate surface area is 160 Å². The van der Waals surface area contributed by atoms with Gasteiger partial charge < -0.3 is 5.32 Å². The first-order valence-electron chi connectivity index (χ1n) is 7.47. The molecule has 0 saturated heterocycles. The third-order valence-electron chi connectivity index (χ3n) is 3.64. The molecular formula is C19H13Cl3N2O. The van der Waals surface area contributed by atoms with Gasteiger partial charge in [-0.05, 0) is 35.9 Å². The first-order valence-corrected chi connectivity index (χ1v) is 8.60. The summed E-state index contributed by atoms with van der Waals surface area (Å²) in [6.07, 6.45) is 1.55. The predicted molar refractivity (Wildman–Crippen MR) is 101 cm³/mol. The van der Waals surface area contributed by atoms with Crippen LogP contribution in [0.15, 0.2) is 66.9 Å². The van der Waals surface area contributed by atoms with Gasteiger partial charge in [0.25, 0.3) is 5.91 Å². The van der Waals surface area contributed by atoms with E-state index in [1.807, 2.05) is 30.3 Å². The van der Waals surface area contributed by atoms with Gasteiger partial charge in [-0.3, -0.25) is 9.78 Å². The van der Waals surface area contributed by atoms with E-state index < -0.39 is 6.04 Å². The number of benzene rings is 2. The third kappa shape index (κ3) is 4.31. The smallest absolute Gasteiger partial charge is 0.252 e. The fraction of sp³-hybridized carbons (Fsp3) is 0.0526. The maximum atomic E-state index is 12.7. The Bertz CT molecular complexity index is 883. The van der Waals surface area contributed by atoms with Gasteiger partial charge in [0.2, 0.25) is 0 Å². The van der Waals surface area contributed by atoms with Crippen LogP contribution < -0.4 is 5.32 Å². The molecule has 1 amide bonds. The number of hydrogen-bond acceptors (Lipinski definition) is 2. The molecule has 2 aromatic carbocycles. The van der Waals surface area contributed by atoms with E-state index >= 15 is 0 Å². The molecule has 25 heavy (non-hydrogen) atoms. The molecule has 3 rings (SSSR count). The van der Waals surface area contributed by atoms with Crippen molar-refractivity contribution in [2.75, 3.05) is 0 Å². The number of carbonyl (C=O) groups is 1. The Morgan fingerprint density at radius 3 is 2.32 bits per heavy atom. The monoisotopic (exact) mass is 390 g/mol. The Hall–Kier alpha value is -2.07. The van der Waals surface area contributed by atoms with Crippen LogP contribution in [0.1, 0.15) is 27.7 Å². The molecular weight excluding hydrogens is 379 g/mol. The van der Waals surface area contributed by atoms with Gasteiger partial charge in [0.15, 0.2) is 0 Å². The zero-order chi connectivity index (χ0) is 17.8. The quantitative estimate of drug-likeness (QED) is 0.632. The minimum absolute atomic E-state index is 0.274. The fourth-order valence-corrected chi connectivity index (χ4v) is 2.79. The van der Waals surface area contributed by atoms with Crippen LogP contribution in [-0.2, 0) is 0 Å². The molecule has 1 atom stereocenters. The van der Waals surface area contributed by atoms with Crippen LogP contribution in [0, 0.1) is 0 Å². The van der Waals surface area contributed by atoms with Crippen LogP contribution in [0.4, 0.5) is 0 Å². The van der Waals surface area contributed by atoms with Gasteiger partial charge in [-0.15, -0.1) is 0 Å². The second-order valence-electron chi connectivity index (χ2n) is 5.35. The zero-order valence-corrected chi connectivity index (χ0v) is 15.2. The lowest BCUT2D eigenvalue weighted by Gasteiger charge is -2.19. The van der Waals surface area contributed by atoms with E-state index in [4.69, 9.17) is 34.8 Å². The molecule has 1 heterocycles. The number of carbonyl (C=O) groups excluding carboxylic acids is 1. The normalized spacial score (nSPS) is 11.8. The molecule has 1 unspecified atom stereocenters. The molecule has 1 N–H and O–H groups in total. The number of amides is 1. The highest BCUT2D eigenvalue weighted by Gasteiger charge is 2.19. The van der Waals surface area contributed by atoms with Crippen molar-refractivity contribution in [2.45, 2.75) is 6.04 Å². The summed E-state index contributed by atoms with van der Waals surface area (Å²) in [5.41, 5.74) is 2.01. The van der Waals surface area contributed by atoms with Crippen molar-refractivity contribution in [1.29, 1.82) is 0 Å². The number of halogens is 3. The fourth-order valence-electron chi connectivity index (χ4n) is 2.38. The Kier molecular flexibility index (Phi) is 5.59. The average molecular weight is 392 g/mol. The van der Waals surface area contributed by atoms with Crippen LogP contribution >= 0.6 is 34.8 Å². The lowest BCUT2D eigenvalue weighted by atomic mass is 10.0. The summed E-state index contributed by atoms with van der Waals surface area (Å²) >= 11 is 17.8. The van der Waals surface area contributed by atoms with E-state index in [2.05, 4.69) is 10.3 Å². The van der Waals surface area contributed by atoms with Crippen LogP contribution in [0.3, 0.4) is 0 Å². The zero-order valence-electron chi connectivity index (χ0n) is 12.9. The van der Waals surface area contributed by atoms with Crippen LogP contribution in [0.5, 0.6) is 0 Å². The highest BCUT2D eigenvalue weighted by atomic mass is 35.5. The number of pyridine rings is 1. The molecule has 0 fully saturated rings. The molecule has 0 aliphatic rings. The summed E-state index contributed by atoms with van der Waals surface area (Å²) < 4.78 is 0. The molecule has 0 radical (unpaired) electrons. The maximum Gasteiger partial charge on any atom is 0.252 e. The highest BCUT2D eigenvalue weighted by molar-refractivity contribution is 6.42. The van der Waals surface area contributed by atoms with E-state index in [1.54, 1.807) is 30.5 Å². The van der Waals surface area contributed by atoms with E-state index in [9.17, 15) is 4.79 Å². The van der Waals surface area contributed by atoms with Crippen molar-refractivity contribution in [2.24, 2.45) is 0 Å². The van der Waals surface area contributed by atoms with Gasteiger partial charge in [0.1, 0.15) is 0 Å². The second kappa shape index (κ2) is 7.87. The summed E-state index contributed by atoms with van der Waals surface area (Å²) in [6, 6.07) is 17.4. The van der Waals surface area contributed by atoms with Gasteiger partial charge in [-0.2, -0.15) is 0 Å². The van der Waals surface area contributed by atoms with Crippen molar-refractivity contribution in [3.05, 3.63) is 98.7 Å². The highest BCUT2D eigenvalue weighted by Crippen LogP contribution is 2.25. The van der Waals surface area contributed by atoms with Crippen molar-refractivity contribution in [3.63, 3.8) is 0 Å². The average Bonchev–Trinajstić information content (AvgIpc) is 2.63. The van der Waals surface area contributed by atoms with Crippen LogP contribution in [0.25, 0.3) is 0 Å². The molecule has 0 saturated carbocycles. The first-order chi connectivity index (χ1) is 12.0. The van der Waals surface area contributed by atoms with Crippen molar-refractivity contribution < 1.29 is 4.79 Å². The number of rotatable bonds is 4. The number of nitrogens with one attached hydrogen (secondary N) is 1. The summed E-state index contributed by atoms with van der Waals surface area (Å²) in [5.74, 6) is -0.274. The van der Waals surface area contributed by atoms with Crippen molar-refractivity contribution in [3.8, 4) is 0 Å². The summed E-state index contributed by atoms with van der Waals surface area (Å²) in [5, 5.41) is 4.25. The van der Waals surface area contributed by atoms with Gasteiger partial charge in [0.05, 0.1) is 26.8 Å². The molecule has 0 aliphatic heterocycles. The predicted octanol–water partition coefficient (Wildman–Crippen LogP) is 5.56. The Morgan fingerprint density at radius 1 is 0.920 bits per heavy atom. The number of nitrogens with zero attached hydrogens (tertiary/aromatic N) is 1. The maximum absolute atomic E-state index is 12.7.